The van der Waals surface area contributed by atoms with Gasteiger partial charge in [0.15, 0.2) is 0 Å². The molecule has 0 saturated heterocycles. The van der Waals surface area contributed by atoms with Gasteiger partial charge in [-0.05, 0) is 62.2 Å². The first kappa shape index (κ1) is 19.8. The molecule has 0 bridgehead atoms. The van der Waals surface area contributed by atoms with E-state index in [4.69, 9.17) is 16.3 Å². The Labute approximate surface area is 156 Å². The van der Waals surface area contributed by atoms with Crippen LogP contribution in [-0.4, -0.2) is 35.8 Å². The lowest BCUT2D eigenvalue weighted by Gasteiger charge is -2.25. The van der Waals surface area contributed by atoms with E-state index in [9.17, 15) is 5.11 Å². The SMILES string of the molecule is CCCN(Cc1cc(C)ccc1C)C[C@H](O)COc1ccc(Cl)cc1. The lowest BCUT2D eigenvalue weighted by molar-refractivity contribution is 0.0655. The van der Waals surface area contributed by atoms with Crippen LogP contribution in [0.15, 0.2) is 42.5 Å². The van der Waals surface area contributed by atoms with Gasteiger partial charge >= 0.3 is 0 Å². The number of hydrogen-bond acceptors (Lipinski definition) is 3. The number of aryl methyl sites for hydroxylation is 2. The van der Waals surface area contributed by atoms with E-state index in [2.05, 4.69) is 43.9 Å². The average molecular weight is 362 g/mol. The molecule has 0 aliphatic heterocycles. The molecule has 0 aliphatic rings. The molecule has 0 unspecified atom stereocenters. The first-order valence-electron chi connectivity index (χ1n) is 8.83. The van der Waals surface area contributed by atoms with Crippen LogP contribution in [0, 0.1) is 13.8 Å². The summed E-state index contributed by atoms with van der Waals surface area (Å²) < 4.78 is 5.66. The van der Waals surface area contributed by atoms with Crippen molar-refractivity contribution in [2.75, 3.05) is 19.7 Å². The lowest BCUT2D eigenvalue weighted by Crippen LogP contribution is -2.36. The zero-order valence-corrected chi connectivity index (χ0v) is 16.1. The van der Waals surface area contributed by atoms with Crippen molar-refractivity contribution in [3.63, 3.8) is 0 Å². The Hall–Kier alpha value is -1.55. The van der Waals surface area contributed by atoms with Crippen molar-refractivity contribution in [3.8, 4) is 5.75 Å². The van der Waals surface area contributed by atoms with Crippen LogP contribution in [0.4, 0.5) is 0 Å². The summed E-state index contributed by atoms with van der Waals surface area (Å²) in [5.41, 5.74) is 3.88. The van der Waals surface area contributed by atoms with Gasteiger partial charge in [0, 0.05) is 18.1 Å². The van der Waals surface area contributed by atoms with Gasteiger partial charge in [-0.2, -0.15) is 0 Å². The van der Waals surface area contributed by atoms with E-state index in [1.807, 2.05) is 12.1 Å². The highest BCUT2D eigenvalue weighted by atomic mass is 35.5. The fourth-order valence-corrected chi connectivity index (χ4v) is 2.96. The normalized spacial score (nSPS) is 12.4. The summed E-state index contributed by atoms with van der Waals surface area (Å²) in [5.74, 6) is 0.722. The van der Waals surface area contributed by atoms with Gasteiger partial charge in [0.25, 0.3) is 0 Å². The highest BCUT2D eigenvalue weighted by Gasteiger charge is 2.14. The first-order valence-corrected chi connectivity index (χ1v) is 9.20. The molecule has 0 heterocycles. The van der Waals surface area contributed by atoms with Crippen molar-refractivity contribution in [2.24, 2.45) is 0 Å². The number of halogens is 1. The second-order valence-electron chi connectivity index (χ2n) is 6.58. The van der Waals surface area contributed by atoms with Crippen molar-refractivity contribution in [2.45, 2.75) is 39.8 Å². The Bertz CT molecular complexity index is 657. The molecule has 0 fully saturated rings. The second-order valence-corrected chi connectivity index (χ2v) is 7.02. The van der Waals surface area contributed by atoms with E-state index in [1.165, 1.54) is 16.7 Å². The summed E-state index contributed by atoms with van der Waals surface area (Å²) in [7, 11) is 0. The number of benzene rings is 2. The molecular weight excluding hydrogens is 334 g/mol. The molecule has 3 nitrogen and oxygen atoms in total. The maximum absolute atomic E-state index is 10.4. The van der Waals surface area contributed by atoms with Crippen LogP contribution in [0.25, 0.3) is 0 Å². The van der Waals surface area contributed by atoms with Gasteiger partial charge in [0.05, 0.1) is 0 Å². The van der Waals surface area contributed by atoms with Crippen molar-refractivity contribution in [1.82, 2.24) is 4.90 Å². The first-order chi connectivity index (χ1) is 12.0. The number of nitrogens with zero attached hydrogens (tertiary/aromatic N) is 1. The van der Waals surface area contributed by atoms with Gasteiger partial charge in [-0.3, -0.25) is 4.90 Å². The van der Waals surface area contributed by atoms with Gasteiger partial charge in [0.1, 0.15) is 18.5 Å². The average Bonchev–Trinajstić information content (AvgIpc) is 2.58. The molecule has 0 aliphatic carbocycles. The lowest BCUT2D eigenvalue weighted by atomic mass is 10.0. The highest BCUT2D eigenvalue weighted by molar-refractivity contribution is 6.30. The Morgan fingerprint density at radius 1 is 1.12 bits per heavy atom. The van der Waals surface area contributed by atoms with E-state index in [1.54, 1.807) is 12.1 Å². The molecule has 2 aromatic carbocycles. The summed E-state index contributed by atoms with van der Waals surface area (Å²) in [4.78, 5) is 2.29. The molecular formula is C21H28ClNO2. The van der Waals surface area contributed by atoms with E-state index >= 15 is 0 Å². The Balaban J connectivity index is 1.90. The fraction of sp³-hybridized carbons (Fsp3) is 0.429. The van der Waals surface area contributed by atoms with Gasteiger partial charge in [0.2, 0.25) is 0 Å². The van der Waals surface area contributed by atoms with Crippen LogP contribution in [0.3, 0.4) is 0 Å². The monoisotopic (exact) mass is 361 g/mol. The minimum Gasteiger partial charge on any atom is -0.491 e. The van der Waals surface area contributed by atoms with Crippen LogP contribution in [0.1, 0.15) is 30.0 Å². The van der Waals surface area contributed by atoms with Crippen LogP contribution in [-0.2, 0) is 6.54 Å². The maximum atomic E-state index is 10.4. The molecule has 25 heavy (non-hydrogen) atoms. The maximum Gasteiger partial charge on any atom is 0.119 e. The molecule has 0 radical (unpaired) electrons. The van der Waals surface area contributed by atoms with Crippen LogP contribution < -0.4 is 4.74 Å². The van der Waals surface area contributed by atoms with E-state index in [0.29, 0.717) is 11.6 Å². The molecule has 0 amide bonds. The number of aliphatic hydroxyl groups is 1. The fourth-order valence-electron chi connectivity index (χ4n) is 2.84. The highest BCUT2D eigenvalue weighted by Crippen LogP contribution is 2.17. The predicted molar refractivity (Wildman–Crippen MR) is 104 cm³/mol. The molecule has 4 heteroatoms. The molecule has 1 atom stereocenters. The van der Waals surface area contributed by atoms with Gasteiger partial charge in [-0.15, -0.1) is 0 Å². The number of hydrogen-bond donors (Lipinski definition) is 1. The quantitative estimate of drug-likeness (QED) is 0.708. The smallest absolute Gasteiger partial charge is 0.119 e. The van der Waals surface area contributed by atoms with Crippen LogP contribution in [0.5, 0.6) is 5.75 Å². The number of ether oxygens (including phenoxy) is 1. The minimum atomic E-state index is -0.535. The van der Waals surface area contributed by atoms with Crippen molar-refractivity contribution in [1.29, 1.82) is 0 Å². The molecule has 2 rings (SSSR count). The minimum absolute atomic E-state index is 0.272. The zero-order valence-electron chi connectivity index (χ0n) is 15.3. The Morgan fingerprint density at radius 3 is 2.52 bits per heavy atom. The van der Waals surface area contributed by atoms with E-state index in [-0.39, 0.29) is 6.61 Å². The summed E-state index contributed by atoms with van der Waals surface area (Å²) in [6, 6.07) is 13.7. The third-order valence-electron chi connectivity index (χ3n) is 4.16. The summed E-state index contributed by atoms with van der Waals surface area (Å²) in [6.45, 7) is 9.07. The van der Waals surface area contributed by atoms with Gasteiger partial charge in [-0.25, -0.2) is 0 Å². The van der Waals surface area contributed by atoms with E-state index in [0.717, 1.165) is 25.3 Å². The van der Waals surface area contributed by atoms with E-state index < -0.39 is 6.10 Å². The molecule has 0 saturated carbocycles. The standard InChI is InChI=1S/C21H28ClNO2/c1-4-11-23(13-18-12-16(2)5-6-17(18)3)14-20(24)15-25-21-9-7-19(22)8-10-21/h5-10,12,20,24H,4,11,13-15H2,1-3H3/t20-/m0/s1. The summed E-state index contributed by atoms with van der Waals surface area (Å²) >= 11 is 5.87. The molecule has 2 aromatic rings. The third kappa shape index (κ3) is 6.69. The number of aliphatic hydroxyl groups excluding tert-OH is 1. The zero-order chi connectivity index (χ0) is 18.2. The second kappa shape index (κ2) is 9.81. The van der Waals surface area contributed by atoms with Crippen molar-refractivity contribution < 1.29 is 9.84 Å². The third-order valence-corrected chi connectivity index (χ3v) is 4.42. The van der Waals surface area contributed by atoms with Crippen molar-refractivity contribution in [3.05, 3.63) is 64.2 Å². The summed E-state index contributed by atoms with van der Waals surface area (Å²) in [5, 5.41) is 11.0. The van der Waals surface area contributed by atoms with Crippen LogP contribution >= 0.6 is 11.6 Å². The van der Waals surface area contributed by atoms with Gasteiger partial charge in [-0.1, -0.05) is 42.3 Å². The molecule has 1 N–H and O–H groups in total. The molecule has 0 aromatic heterocycles. The van der Waals surface area contributed by atoms with Gasteiger partial charge < -0.3 is 9.84 Å². The Morgan fingerprint density at radius 2 is 1.84 bits per heavy atom. The van der Waals surface area contributed by atoms with Crippen molar-refractivity contribution >= 4 is 11.6 Å². The van der Waals surface area contributed by atoms with Crippen LogP contribution in [0.2, 0.25) is 5.02 Å². The number of rotatable bonds is 9. The molecule has 0 spiro atoms. The Kier molecular flexibility index (Phi) is 7.76. The predicted octanol–water partition coefficient (Wildman–Crippen LogP) is 4.61. The largest absolute Gasteiger partial charge is 0.491 e. The summed E-state index contributed by atoms with van der Waals surface area (Å²) in [6.07, 6.45) is 0.516. The topological polar surface area (TPSA) is 32.7 Å². The molecule has 136 valence electrons.